The van der Waals surface area contributed by atoms with Gasteiger partial charge in [-0.1, -0.05) is 5.16 Å². The van der Waals surface area contributed by atoms with E-state index in [0.717, 1.165) is 3.57 Å². The second-order valence-electron chi connectivity index (χ2n) is 2.85. The molecule has 2 aromatic rings. The number of hydrogen-bond donors (Lipinski definition) is 1. The molecule has 5 heteroatoms. The maximum absolute atomic E-state index is 11.6. The Kier molecular flexibility index (Phi) is 3.00. The molecule has 15 heavy (non-hydrogen) atoms. The average Bonchev–Trinajstić information content (AvgIpc) is 2.71. The molecule has 0 aliphatic heterocycles. The minimum absolute atomic E-state index is 0.194. The van der Waals surface area contributed by atoms with Gasteiger partial charge in [0.05, 0.1) is 0 Å². The molecule has 1 heterocycles. The fourth-order valence-electron chi connectivity index (χ4n) is 1.07. The molecule has 1 N–H and O–H groups in total. The minimum atomic E-state index is -0.194. The summed E-state index contributed by atoms with van der Waals surface area (Å²) in [6.07, 6.45) is 1.41. The van der Waals surface area contributed by atoms with E-state index in [1.54, 1.807) is 18.2 Å². The van der Waals surface area contributed by atoms with Crippen molar-refractivity contribution in [2.75, 3.05) is 5.32 Å². The van der Waals surface area contributed by atoms with E-state index in [4.69, 9.17) is 0 Å². The van der Waals surface area contributed by atoms with Crippen LogP contribution in [-0.2, 0) is 0 Å². The summed E-state index contributed by atoms with van der Waals surface area (Å²) < 4.78 is 5.69. The molecule has 0 bridgehead atoms. The van der Waals surface area contributed by atoms with Crippen LogP contribution in [0.2, 0.25) is 0 Å². The summed E-state index contributed by atoms with van der Waals surface area (Å²) in [5.74, 6) is 0.221. The number of rotatable bonds is 2. The second-order valence-corrected chi connectivity index (χ2v) is 4.09. The highest BCUT2D eigenvalue weighted by atomic mass is 127. The van der Waals surface area contributed by atoms with Gasteiger partial charge < -0.3 is 9.84 Å². The number of nitrogens with zero attached hydrogens (tertiary/aromatic N) is 1. The van der Waals surface area contributed by atoms with Crippen molar-refractivity contribution >= 4 is 34.3 Å². The molecule has 1 amide bonds. The minimum Gasteiger partial charge on any atom is -0.363 e. The van der Waals surface area contributed by atoms with Gasteiger partial charge in [0, 0.05) is 15.2 Å². The highest BCUT2D eigenvalue weighted by molar-refractivity contribution is 14.1. The van der Waals surface area contributed by atoms with Crippen LogP contribution in [0, 0.1) is 3.57 Å². The Balaban J connectivity index is 2.11. The van der Waals surface area contributed by atoms with Crippen molar-refractivity contribution in [3.63, 3.8) is 0 Å². The molecule has 0 atom stereocenters. The molecule has 76 valence electrons. The highest BCUT2D eigenvalue weighted by Gasteiger charge is 2.06. The molecular formula is C10H7IN2O2. The van der Waals surface area contributed by atoms with Gasteiger partial charge >= 0.3 is 0 Å². The van der Waals surface area contributed by atoms with E-state index < -0.39 is 0 Å². The molecule has 0 radical (unpaired) electrons. The van der Waals surface area contributed by atoms with Crippen molar-refractivity contribution in [3.05, 3.63) is 45.7 Å². The van der Waals surface area contributed by atoms with Crippen molar-refractivity contribution in [2.24, 2.45) is 0 Å². The Hall–Kier alpha value is -1.37. The standard InChI is InChI=1S/C10H7IN2O2/c11-8-3-1-7(2-4-8)10(14)12-9-5-6-15-13-9/h1-6H,(H,12,13,14). The Labute approximate surface area is 99.8 Å². The van der Waals surface area contributed by atoms with Gasteiger partial charge in [-0.25, -0.2) is 0 Å². The van der Waals surface area contributed by atoms with E-state index in [-0.39, 0.29) is 5.91 Å². The Morgan fingerprint density at radius 3 is 2.60 bits per heavy atom. The molecular weight excluding hydrogens is 307 g/mol. The first-order chi connectivity index (χ1) is 7.25. The largest absolute Gasteiger partial charge is 0.363 e. The van der Waals surface area contributed by atoms with Crippen molar-refractivity contribution in [3.8, 4) is 0 Å². The highest BCUT2D eigenvalue weighted by Crippen LogP contribution is 2.09. The zero-order valence-corrected chi connectivity index (χ0v) is 9.76. The van der Waals surface area contributed by atoms with Gasteiger partial charge in [0.15, 0.2) is 5.82 Å². The summed E-state index contributed by atoms with van der Waals surface area (Å²) in [6, 6.07) is 8.86. The van der Waals surface area contributed by atoms with Crippen LogP contribution in [0.1, 0.15) is 10.4 Å². The van der Waals surface area contributed by atoms with Crippen LogP contribution in [0.3, 0.4) is 0 Å². The van der Waals surface area contributed by atoms with Crippen LogP contribution < -0.4 is 5.32 Å². The number of halogens is 1. The molecule has 4 nitrogen and oxygen atoms in total. The third-order valence-corrected chi connectivity index (χ3v) is 2.50. The SMILES string of the molecule is O=C(Nc1ccon1)c1ccc(I)cc1. The first-order valence-corrected chi connectivity index (χ1v) is 5.31. The van der Waals surface area contributed by atoms with Crippen LogP contribution >= 0.6 is 22.6 Å². The molecule has 0 saturated heterocycles. The van der Waals surface area contributed by atoms with Gasteiger partial charge in [-0.05, 0) is 46.9 Å². The molecule has 0 spiro atoms. The van der Waals surface area contributed by atoms with Gasteiger partial charge in [-0.3, -0.25) is 4.79 Å². The lowest BCUT2D eigenvalue weighted by atomic mass is 10.2. The smallest absolute Gasteiger partial charge is 0.256 e. The fraction of sp³-hybridized carbons (Fsp3) is 0. The van der Waals surface area contributed by atoms with E-state index in [0.29, 0.717) is 11.4 Å². The molecule has 0 fully saturated rings. The lowest BCUT2D eigenvalue weighted by Gasteiger charge is -2.00. The molecule has 0 aliphatic carbocycles. The van der Waals surface area contributed by atoms with Crippen molar-refractivity contribution in [1.82, 2.24) is 5.16 Å². The lowest BCUT2D eigenvalue weighted by molar-refractivity contribution is 0.102. The Morgan fingerprint density at radius 2 is 2.00 bits per heavy atom. The number of nitrogens with one attached hydrogen (secondary N) is 1. The van der Waals surface area contributed by atoms with E-state index >= 15 is 0 Å². The van der Waals surface area contributed by atoms with Crippen molar-refractivity contribution in [2.45, 2.75) is 0 Å². The summed E-state index contributed by atoms with van der Waals surface area (Å²) in [4.78, 5) is 11.6. The normalized spacial score (nSPS) is 9.93. The van der Waals surface area contributed by atoms with Crippen molar-refractivity contribution < 1.29 is 9.32 Å². The average molecular weight is 314 g/mol. The van der Waals surface area contributed by atoms with Gasteiger partial charge in [-0.15, -0.1) is 0 Å². The van der Waals surface area contributed by atoms with Crippen LogP contribution in [0.15, 0.2) is 41.1 Å². The number of carbonyl (C=O) groups excluding carboxylic acids is 1. The van der Waals surface area contributed by atoms with Crippen LogP contribution in [0.5, 0.6) is 0 Å². The molecule has 0 aliphatic rings. The maximum Gasteiger partial charge on any atom is 0.256 e. The summed E-state index contributed by atoms with van der Waals surface area (Å²) >= 11 is 2.18. The molecule has 1 aromatic heterocycles. The fourth-order valence-corrected chi connectivity index (χ4v) is 1.43. The lowest BCUT2D eigenvalue weighted by Crippen LogP contribution is -2.11. The quantitative estimate of drug-likeness (QED) is 0.867. The summed E-state index contributed by atoms with van der Waals surface area (Å²) in [5.41, 5.74) is 0.596. The number of hydrogen-bond acceptors (Lipinski definition) is 3. The number of aromatic nitrogens is 1. The van der Waals surface area contributed by atoms with Crippen molar-refractivity contribution in [1.29, 1.82) is 0 Å². The van der Waals surface area contributed by atoms with Gasteiger partial charge in [0.1, 0.15) is 6.26 Å². The van der Waals surface area contributed by atoms with E-state index in [1.807, 2.05) is 12.1 Å². The zero-order valence-electron chi connectivity index (χ0n) is 7.61. The molecule has 2 rings (SSSR count). The van der Waals surface area contributed by atoms with Crippen LogP contribution in [-0.4, -0.2) is 11.1 Å². The van der Waals surface area contributed by atoms with Gasteiger partial charge in [0.25, 0.3) is 5.91 Å². The van der Waals surface area contributed by atoms with Gasteiger partial charge in [0.2, 0.25) is 0 Å². The third-order valence-electron chi connectivity index (χ3n) is 1.79. The molecule has 1 aromatic carbocycles. The maximum atomic E-state index is 11.6. The second kappa shape index (κ2) is 4.43. The number of anilines is 1. The van der Waals surface area contributed by atoms with Crippen LogP contribution in [0.25, 0.3) is 0 Å². The van der Waals surface area contributed by atoms with Crippen LogP contribution in [0.4, 0.5) is 5.82 Å². The molecule has 0 saturated carbocycles. The van der Waals surface area contributed by atoms with Gasteiger partial charge in [-0.2, -0.15) is 0 Å². The first-order valence-electron chi connectivity index (χ1n) is 4.23. The molecule has 0 unspecified atom stereocenters. The number of benzene rings is 1. The topological polar surface area (TPSA) is 55.1 Å². The van der Waals surface area contributed by atoms with E-state index in [2.05, 4.69) is 37.6 Å². The van der Waals surface area contributed by atoms with E-state index in [1.165, 1.54) is 6.26 Å². The third kappa shape index (κ3) is 2.56. The Bertz CT molecular complexity index is 451. The predicted molar refractivity (Wildman–Crippen MR) is 63.6 cm³/mol. The zero-order chi connectivity index (χ0) is 10.7. The Morgan fingerprint density at radius 1 is 1.27 bits per heavy atom. The number of carbonyl (C=O) groups is 1. The van der Waals surface area contributed by atoms with E-state index in [9.17, 15) is 4.79 Å². The monoisotopic (exact) mass is 314 g/mol. The number of amides is 1. The summed E-state index contributed by atoms with van der Waals surface area (Å²) in [5, 5.41) is 6.20. The first kappa shape index (κ1) is 10.2. The summed E-state index contributed by atoms with van der Waals surface area (Å²) in [6.45, 7) is 0. The predicted octanol–water partition coefficient (Wildman–Crippen LogP) is 2.53. The summed E-state index contributed by atoms with van der Waals surface area (Å²) in [7, 11) is 0.